The predicted molar refractivity (Wildman–Crippen MR) is 339 cm³/mol. The van der Waals surface area contributed by atoms with E-state index in [1.807, 2.05) is 12.1 Å². The minimum atomic E-state index is -4.49. The van der Waals surface area contributed by atoms with Gasteiger partial charge in [0.1, 0.15) is 97.3 Å². The van der Waals surface area contributed by atoms with Gasteiger partial charge in [0.2, 0.25) is 0 Å². The van der Waals surface area contributed by atoms with Crippen LogP contribution in [0.15, 0.2) is 121 Å². The van der Waals surface area contributed by atoms with Crippen molar-refractivity contribution in [2.24, 2.45) is 11.8 Å². The zero-order valence-corrected chi connectivity index (χ0v) is 58.0. The van der Waals surface area contributed by atoms with E-state index in [-0.39, 0.29) is 24.7 Å². The quantitative estimate of drug-likeness (QED) is 0.0303. The number of hydrogen-bond donors (Lipinski definition) is 5. The van der Waals surface area contributed by atoms with Crippen molar-refractivity contribution >= 4 is 61.8 Å². The molecule has 4 aliphatic heterocycles. The van der Waals surface area contributed by atoms with Gasteiger partial charge in [-0.25, -0.2) is 9.13 Å². The maximum Gasteiger partial charge on any atom is 0.587 e. The molecule has 20 atom stereocenters. The van der Waals surface area contributed by atoms with Crippen LogP contribution in [0.4, 0.5) is 0 Å². The minimum absolute atomic E-state index is 0.158. The van der Waals surface area contributed by atoms with Gasteiger partial charge >= 0.3 is 50.6 Å². The highest BCUT2D eigenvalue weighted by atomic mass is 35.7. The number of aliphatic hydroxyl groups is 5. The molecule has 20 unspecified atom stereocenters. The number of methoxy groups -OCH3 is 2. The van der Waals surface area contributed by atoms with E-state index in [9.17, 15) is 63.4 Å². The summed E-state index contributed by atoms with van der Waals surface area (Å²) in [6.45, 7) is 4.70. The number of hydrogen-bond acceptors (Lipinski definition) is 32. The maximum atomic E-state index is 14.1. The van der Waals surface area contributed by atoms with Gasteiger partial charge in [-0.05, 0) is 48.5 Å². The van der Waals surface area contributed by atoms with Crippen molar-refractivity contribution in [2.75, 3.05) is 40.6 Å². The molecule has 4 aromatic rings. The average Bonchev–Trinajstić information content (AvgIpc) is 0.784. The van der Waals surface area contributed by atoms with Crippen LogP contribution in [0.5, 0.6) is 23.0 Å². The summed E-state index contributed by atoms with van der Waals surface area (Å²) in [4.78, 5) is 69.9. The van der Waals surface area contributed by atoms with E-state index in [0.29, 0.717) is 11.5 Å². The van der Waals surface area contributed by atoms with E-state index in [0.717, 1.165) is 27.7 Å². The molecule has 0 saturated carbocycles. The third-order valence-electron chi connectivity index (χ3n) is 14.9. The number of halogens is 1. The normalized spacial score (nSPS) is 29.7. The SMILES string of the molecule is COC1OC(CO)C(OC2OC(COC(C)=O)C(C)C(O)C2OC(C)=O)C(O)C1OC(C)=O.COC1OC(COP(=O)(Oc2ccccc2)Oc2ccccc2)C(OC2OC(COC(C)=O)C(C)C(O)C2OC(C)=O)C(O)C1OC(C)=O.O=P(Cl)(Oc1ccccc1)Oc1ccccc1. The third kappa shape index (κ3) is 24.7. The van der Waals surface area contributed by atoms with Gasteiger partial charge in [-0.3, -0.25) is 33.3 Å². The summed E-state index contributed by atoms with van der Waals surface area (Å²) in [5, 5.41) is 54.1. The Balaban J connectivity index is 0.000000264. The molecular weight excluding hydrogens is 1380 g/mol. The number of rotatable bonds is 26. The molecule has 4 fully saturated rings. The van der Waals surface area contributed by atoms with Crippen molar-refractivity contribution in [3.8, 4) is 23.0 Å². The van der Waals surface area contributed by atoms with E-state index < -0.39 is 186 Å². The highest BCUT2D eigenvalue weighted by Crippen LogP contribution is 2.53. The Hall–Kier alpha value is -6.91. The summed E-state index contributed by atoms with van der Waals surface area (Å²) >= 11 is 5.72. The summed E-state index contributed by atoms with van der Waals surface area (Å²) in [7, 11) is -1.99. The van der Waals surface area contributed by atoms with Gasteiger partial charge in [-0.1, -0.05) is 86.6 Å². The number of carbonyl (C=O) groups is 6. The Kier molecular flexibility index (Phi) is 31.7. The lowest BCUT2D eigenvalue weighted by molar-refractivity contribution is -0.354. The molecule has 0 aromatic heterocycles. The maximum absolute atomic E-state index is 14.1. The Labute approximate surface area is 574 Å². The fraction of sp³-hybridized carbons (Fsp3) is 0.531. The Morgan fingerprint density at radius 3 is 1.00 bits per heavy atom. The summed E-state index contributed by atoms with van der Waals surface area (Å²) in [6, 6.07) is 33.5. The number of benzene rings is 4. The smallest absolute Gasteiger partial charge is 0.463 e. The van der Waals surface area contributed by atoms with Gasteiger partial charge in [0.25, 0.3) is 0 Å². The molecule has 4 heterocycles. The highest BCUT2D eigenvalue weighted by molar-refractivity contribution is 7.82. The lowest BCUT2D eigenvalue weighted by Gasteiger charge is -2.47. The molecular formula is C64H83ClO32P2. The van der Waals surface area contributed by atoms with Gasteiger partial charge in [-0.15, -0.1) is 0 Å². The Morgan fingerprint density at radius 1 is 0.404 bits per heavy atom. The second-order valence-electron chi connectivity index (χ2n) is 22.4. The molecule has 0 radical (unpaired) electrons. The van der Waals surface area contributed by atoms with Crippen molar-refractivity contribution in [1.29, 1.82) is 0 Å². The second kappa shape index (κ2) is 38.8. The Morgan fingerprint density at radius 2 is 0.697 bits per heavy atom. The molecule has 35 heteroatoms. The number of carbonyl (C=O) groups excluding carboxylic acids is 6. The summed E-state index contributed by atoms with van der Waals surface area (Å²) < 4.78 is 130. The molecule has 4 aromatic carbocycles. The lowest BCUT2D eigenvalue weighted by Crippen LogP contribution is -2.64. The van der Waals surface area contributed by atoms with E-state index in [1.165, 1.54) is 52.3 Å². The van der Waals surface area contributed by atoms with Crippen LogP contribution in [0.25, 0.3) is 0 Å². The minimum Gasteiger partial charge on any atom is -0.463 e. The molecule has 32 nitrogen and oxygen atoms in total. The lowest BCUT2D eigenvalue weighted by atomic mass is 9.90. The fourth-order valence-electron chi connectivity index (χ4n) is 10.2. The number of ether oxygens (including phenoxy) is 14. The number of esters is 6. The van der Waals surface area contributed by atoms with Crippen LogP contribution in [0, 0.1) is 11.8 Å². The van der Waals surface area contributed by atoms with E-state index in [2.05, 4.69) is 0 Å². The van der Waals surface area contributed by atoms with E-state index in [4.69, 9.17) is 100 Å². The average molecular weight is 1460 g/mol. The monoisotopic (exact) mass is 1460 g/mol. The first-order valence-electron chi connectivity index (χ1n) is 30.8. The number of para-hydroxylation sites is 4. The molecule has 8 rings (SSSR count). The van der Waals surface area contributed by atoms with Crippen LogP contribution >= 0.6 is 26.0 Å². The molecule has 548 valence electrons. The first kappa shape index (κ1) is 81.1. The molecule has 0 bridgehead atoms. The number of phosphoric ester groups is 1. The van der Waals surface area contributed by atoms with E-state index >= 15 is 0 Å². The highest BCUT2D eigenvalue weighted by Gasteiger charge is 2.56. The third-order valence-corrected chi connectivity index (χ3v) is 17.5. The number of phosphoric acid groups is 1. The molecule has 0 aliphatic carbocycles. The van der Waals surface area contributed by atoms with Crippen LogP contribution in [-0.4, -0.2) is 213 Å². The topological polar surface area (TPSA) is 413 Å². The van der Waals surface area contributed by atoms with Crippen LogP contribution in [0.1, 0.15) is 55.4 Å². The van der Waals surface area contributed by atoms with Crippen molar-refractivity contribution < 1.29 is 152 Å². The fourth-order valence-corrected chi connectivity index (χ4v) is 12.7. The van der Waals surface area contributed by atoms with Crippen LogP contribution < -0.4 is 18.1 Å². The molecule has 99 heavy (non-hydrogen) atoms. The standard InChI is InChI=1S/C32H41O16P.C20H32O13.C12H10ClO3P/c1-18-24(16-40-19(2)33)44-32(29(26(18)36)42-20(3)34)46-28-25(45-31(39-5)30(27(28)37)43-21(4)35)17-41-49(38,47-22-12-8-6-9-13-22)48-23-14-10-7-11-15-23;1-8-13(7-28-9(2)22)32-20(17(14(8)25)29-10(3)23)33-16-12(6-21)31-19(27-5)18(15(16)26)30-11(4)24;13-17(14,15-11-7-3-1-4-8-11)16-12-9-5-2-6-10-12/h6-15,18,24-32,36-37H,16-17H2,1-5H3;8,12-21,25-26H,6-7H2,1-5H3;1-10H. The summed E-state index contributed by atoms with van der Waals surface area (Å²) in [5.74, 6) is -4.38. The van der Waals surface area contributed by atoms with Crippen LogP contribution in [-0.2, 0) is 109 Å². The molecule has 0 amide bonds. The molecule has 4 saturated heterocycles. The zero-order valence-electron chi connectivity index (χ0n) is 55.5. The van der Waals surface area contributed by atoms with Crippen molar-refractivity contribution in [1.82, 2.24) is 0 Å². The van der Waals surface area contributed by atoms with Crippen molar-refractivity contribution in [2.45, 2.75) is 166 Å². The van der Waals surface area contributed by atoms with Crippen molar-refractivity contribution in [3.63, 3.8) is 0 Å². The summed E-state index contributed by atoms with van der Waals surface area (Å²) in [5.41, 5.74) is 0. The zero-order chi connectivity index (χ0) is 72.7. The molecule has 4 aliphatic rings. The van der Waals surface area contributed by atoms with Gasteiger partial charge in [0, 0.05) is 78.8 Å². The van der Waals surface area contributed by atoms with Gasteiger partial charge in [0.15, 0.2) is 49.6 Å². The largest absolute Gasteiger partial charge is 0.587 e. The summed E-state index contributed by atoms with van der Waals surface area (Å²) in [6.07, 6.45) is -24.2. The van der Waals surface area contributed by atoms with Crippen LogP contribution in [0.2, 0.25) is 0 Å². The van der Waals surface area contributed by atoms with Gasteiger partial charge in [-0.2, -0.15) is 0 Å². The predicted octanol–water partition coefficient (Wildman–Crippen LogP) is 5.27. The van der Waals surface area contributed by atoms with Crippen molar-refractivity contribution in [3.05, 3.63) is 121 Å². The van der Waals surface area contributed by atoms with Crippen LogP contribution in [0.3, 0.4) is 0 Å². The molecule has 5 N–H and O–H groups in total. The number of aliphatic hydroxyl groups excluding tert-OH is 5. The molecule has 0 spiro atoms. The first-order chi connectivity index (χ1) is 46.9. The Bertz CT molecular complexity index is 3180. The van der Waals surface area contributed by atoms with Gasteiger partial charge in [0.05, 0.1) is 13.2 Å². The second-order valence-corrected chi connectivity index (χ2v) is 26.4. The first-order valence-corrected chi connectivity index (χ1v) is 34.7. The van der Waals surface area contributed by atoms with E-state index in [1.54, 1.807) is 98.8 Å². The van der Waals surface area contributed by atoms with Gasteiger partial charge < -0.3 is 110 Å².